The predicted molar refractivity (Wildman–Crippen MR) is 64.4 cm³/mol. The number of halogens is 3. The van der Waals surface area contributed by atoms with Crippen LogP contribution in [0.4, 0.5) is 4.39 Å². The lowest BCUT2D eigenvalue weighted by Gasteiger charge is -2.05. The Kier molecular flexibility index (Phi) is 3.96. The number of pyridine rings is 1. The van der Waals surface area contributed by atoms with E-state index in [1.807, 2.05) is 0 Å². The molecule has 0 aliphatic rings. The second-order valence-corrected chi connectivity index (χ2v) is 4.23. The van der Waals surface area contributed by atoms with Crippen molar-refractivity contribution in [3.8, 4) is 0 Å². The highest BCUT2D eigenvalue weighted by Gasteiger charge is 2.16. The summed E-state index contributed by atoms with van der Waals surface area (Å²) in [6.07, 6.45) is 0. The van der Waals surface area contributed by atoms with Crippen LogP contribution in [0.1, 0.15) is 22.1 Å². The van der Waals surface area contributed by atoms with Crippen molar-refractivity contribution in [3.63, 3.8) is 0 Å². The number of carbonyl (C=O) groups is 1. The molecule has 0 aliphatic heterocycles. The number of rotatable bonds is 3. The number of aromatic nitrogens is 3. The zero-order valence-electron chi connectivity index (χ0n) is 9.58. The number of aryl methyl sites for hydroxylation is 1. The van der Waals surface area contributed by atoms with Gasteiger partial charge in [-0.15, -0.1) is 0 Å². The zero-order valence-corrected chi connectivity index (χ0v) is 11.1. The van der Waals surface area contributed by atoms with Crippen molar-refractivity contribution in [1.29, 1.82) is 0 Å². The van der Waals surface area contributed by atoms with Gasteiger partial charge in [0.05, 0.1) is 12.1 Å². The number of amides is 1. The largest absolute Gasteiger partial charge is 0.343 e. The van der Waals surface area contributed by atoms with Gasteiger partial charge >= 0.3 is 0 Å². The third-order valence-electron chi connectivity index (χ3n) is 2.10. The van der Waals surface area contributed by atoms with E-state index in [0.717, 1.165) is 6.07 Å². The highest BCUT2D eigenvalue weighted by Crippen LogP contribution is 2.20. The Morgan fingerprint density at radius 2 is 2.16 bits per heavy atom. The minimum Gasteiger partial charge on any atom is -0.343 e. The van der Waals surface area contributed by atoms with Gasteiger partial charge in [0.1, 0.15) is 5.15 Å². The summed E-state index contributed by atoms with van der Waals surface area (Å²) in [5.41, 5.74) is -0.125. The van der Waals surface area contributed by atoms with E-state index < -0.39 is 16.9 Å². The molecule has 0 aromatic carbocycles. The Hall–Kier alpha value is -1.73. The third-order valence-corrected chi connectivity index (χ3v) is 2.65. The Morgan fingerprint density at radius 3 is 2.79 bits per heavy atom. The van der Waals surface area contributed by atoms with Crippen molar-refractivity contribution in [2.75, 3.05) is 0 Å². The van der Waals surface area contributed by atoms with Gasteiger partial charge < -0.3 is 9.84 Å². The van der Waals surface area contributed by atoms with Crippen LogP contribution in [-0.4, -0.2) is 21.0 Å². The van der Waals surface area contributed by atoms with Crippen LogP contribution >= 0.6 is 23.2 Å². The molecule has 6 nitrogen and oxygen atoms in total. The Balaban J connectivity index is 2.10. The first-order valence-electron chi connectivity index (χ1n) is 5.06. The molecule has 1 amide bonds. The molecule has 100 valence electrons. The van der Waals surface area contributed by atoms with Crippen molar-refractivity contribution in [1.82, 2.24) is 20.4 Å². The van der Waals surface area contributed by atoms with Gasteiger partial charge in [0, 0.05) is 0 Å². The van der Waals surface area contributed by atoms with Gasteiger partial charge in [-0.05, 0) is 13.0 Å². The molecule has 2 aromatic rings. The second-order valence-electron chi connectivity index (χ2n) is 3.52. The lowest BCUT2D eigenvalue weighted by atomic mass is 10.2. The molecular formula is C10H7Cl2FN4O2. The summed E-state index contributed by atoms with van der Waals surface area (Å²) >= 11 is 11.1. The van der Waals surface area contributed by atoms with E-state index in [0.29, 0.717) is 5.82 Å². The summed E-state index contributed by atoms with van der Waals surface area (Å²) in [4.78, 5) is 19.2. The molecule has 0 unspecified atom stereocenters. The fourth-order valence-corrected chi connectivity index (χ4v) is 1.68. The van der Waals surface area contributed by atoms with Crippen molar-refractivity contribution < 1.29 is 13.7 Å². The molecule has 1 N–H and O–H groups in total. The molecule has 0 saturated heterocycles. The summed E-state index contributed by atoms with van der Waals surface area (Å²) in [5, 5.41) is 5.42. The molecule has 0 aliphatic carbocycles. The first-order valence-corrected chi connectivity index (χ1v) is 5.82. The number of nitrogens with zero attached hydrogens (tertiary/aromatic N) is 3. The van der Waals surface area contributed by atoms with Crippen LogP contribution in [0.2, 0.25) is 10.3 Å². The minimum atomic E-state index is -0.829. The molecular weight excluding hydrogens is 298 g/mol. The van der Waals surface area contributed by atoms with Crippen LogP contribution < -0.4 is 5.32 Å². The molecule has 2 aromatic heterocycles. The van der Waals surface area contributed by atoms with Crippen LogP contribution in [0.25, 0.3) is 0 Å². The molecule has 2 heterocycles. The van der Waals surface area contributed by atoms with E-state index in [1.54, 1.807) is 6.92 Å². The monoisotopic (exact) mass is 304 g/mol. The average Bonchev–Trinajstić information content (AvgIpc) is 2.77. The molecule has 0 atom stereocenters. The quantitative estimate of drug-likeness (QED) is 0.879. The maximum absolute atomic E-state index is 13.2. The number of hydrogen-bond acceptors (Lipinski definition) is 5. The standard InChI is InChI=1S/C10H7Cl2FN4O2/c1-4-15-7(19-17-4)3-14-10(18)5-2-6(13)9(12)16-8(5)11/h2H,3H2,1H3,(H,14,18). The van der Waals surface area contributed by atoms with Crippen LogP contribution in [0, 0.1) is 12.7 Å². The SMILES string of the molecule is Cc1noc(CNC(=O)c2cc(F)c(Cl)nc2Cl)n1. The van der Waals surface area contributed by atoms with E-state index in [-0.39, 0.29) is 23.2 Å². The van der Waals surface area contributed by atoms with Crippen molar-refractivity contribution in [2.45, 2.75) is 13.5 Å². The van der Waals surface area contributed by atoms with Crippen molar-refractivity contribution in [2.24, 2.45) is 0 Å². The van der Waals surface area contributed by atoms with Gasteiger partial charge in [0.25, 0.3) is 5.91 Å². The Morgan fingerprint density at radius 1 is 1.42 bits per heavy atom. The summed E-state index contributed by atoms with van der Waals surface area (Å²) in [6.45, 7) is 1.64. The van der Waals surface area contributed by atoms with Crippen LogP contribution in [0.3, 0.4) is 0 Å². The molecule has 0 fully saturated rings. The fourth-order valence-electron chi connectivity index (χ4n) is 1.27. The zero-order chi connectivity index (χ0) is 14.0. The highest BCUT2D eigenvalue weighted by molar-refractivity contribution is 6.34. The van der Waals surface area contributed by atoms with Gasteiger partial charge in [0.15, 0.2) is 16.8 Å². The second kappa shape index (κ2) is 5.50. The van der Waals surface area contributed by atoms with Crippen LogP contribution in [0.5, 0.6) is 0 Å². The first kappa shape index (κ1) is 13.7. The van der Waals surface area contributed by atoms with Gasteiger partial charge in [0.2, 0.25) is 5.89 Å². The predicted octanol–water partition coefficient (Wildman–Crippen LogP) is 2.15. The normalized spacial score (nSPS) is 10.5. The molecule has 0 saturated carbocycles. The van der Waals surface area contributed by atoms with Gasteiger partial charge in [-0.3, -0.25) is 4.79 Å². The van der Waals surface area contributed by atoms with Gasteiger partial charge in [-0.25, -0.2) is 9.37 Å². The summed E-state index contributed by atoms with van der Waals surface area (Å²) < 4.78 is 18.0. The maximum atomic E-state index is 13.2. The summed E-state index contributed by atoms with van der Waals surface area (Å²) in [5.74, 6) is -0.778. The van der Waals surface area contributed by atoms with Crippen LogP contribution in [-0.2, 0) is 6.54 Å². The van der Waals surface area contributed by atoms with E-state index in [4.69, 9.17) is 27.7 Å². The maximum Gasteiger partial charge on any atom is 0.254 e. The molecule has 19 heavy (non-hydrogen) atoms. The molecule has 9 heteroatoms. The van der Waals surface area contributed by atoms with E-state index >= 15 is 0 Å². The van der Waals surface area contributed by atoms with Gasteiger partial charge in [-0.1, -0.05) is 28.4 Å². The number of carbonyl (C=O) groups excluding carboxylic acids is 1. The smallest absolute Gasteiger partial charge is 0.254 e. The molecule has 0 radical (unpaired) electrons. The topological polar surface area (TPSA) is 80.9 Å². The third kappa shape index (κ3) is 3.18. The molecule has 2 rings (SSSR count). The fraction of sp³-hybridized carbons (Fsp3) is 0.200. The summed E-state index contributed by atoms with van der Waals surface area (Å²) in [7, 11) is 0. The summed E-state index contributed by atoms with van der Waals surface area (Å²) in [6, 6.07) is 0.909. The minimum absolute atomic E-state index is 0.000246. The molecule has 0 spiro atoms. The first-order chi connectivity index (χ1) is 8.97. The van der Waals surface area contributed by atoms with E-state index in [2.05, 4.69) is 20.4 Å². The highest BCUT2D eigenvalue weighted by atomic mass is 35.5. The van der Waals surface area contributed by atoms with Crippen molar-refractivity contribution >= 4 is 29.1 Å². The lowest BCUT2D eigenvalue weighted by molar-refractivity contribution is 0.0945. The van der Waals surface area contributed by atoms with E-state index in [9.17, 15) is 9.18 Å². The number of hydrogen-bond donors (Lipinski definition) is 1. The lowest BCUT2D eigenvalue weighted by Crippen LogP contribution is -2.23. The number of nitrogens with one attached hydrogen (secondary N) is 1. The average molecular weight is 305 g/mol. The van der Waals surface area contributed by atoms with E-state index in [1.165, 1.54) is 0 Å². The Labute approximate surface area is 116 Å². The van der Waals surface area contributed by atoms with Crippen molar-refractivity contribution in [3.05, 3.63) is 39.5 Å². The Bertz CT molecular complexity index is 632. The molecule has 0 bridgehead atoms. The van der Waals surface area contributed by atoms with Crippen LogP contribution in [0.15, 0.2) is 10.6 Å². The van der Waals surface area contributed by atoms with Gasteiger partial charge in [-0.2, -0.15) is 4.98 Å².